The molecule has 1 N–H and O–H groups in total. The highest BCUT2D eigenvalue weighted by Gasteiger charge is 2.13. The number of hydrogen-bond acceptors (Lipinski definition) is 1. The molecule has 0 aliphatic carbocycles. The first-order chi connectivity index (χ1) is 11.3. The first kappa shape index (κ1) is 15.6. The van der Waals surface area contributed by atoms with E-state index in [0.717, 1.165) is 6.42 Å². The van der Waals surface area contributed by atoms with Gasteiger partial charge in [-0.05, 0) is 40.8 Å². The average Bonchev–Trinajstić information content (AvgIpc) is 2.62. The van der Waals surface area contributed by atoms with E-state index in [1.165, 1.54) is 22.7 Å². The molecular formula is C21H22OSi. The maximum Gasteiger partial charge on any atom is 0.115 e. The van der Waals surface area contributed by atoms with Gasteiger partial charge in [-0.15, -0.1) is 0 Å². The summed E-state index contributed by atoms with van der Waals surface area (Å²) >= 11 is 0. The van der Waals surface area contributed by atoms with Gasteiger partial charge in [0.15, 0.2) is 0 Å². The molecule has 3 aromatic rings. The Kier molecular flexibility index (Phi) is 5.28. The van der Waals surface area contributed by atoms with Crippen LogP contribution in [0.4, 0.5) is 0 Å². The van der Waals surface area contributed by atoms with Crippen molar-refractivity contribution in [3.8, 4) is 5.75 Å². The smallest absolute Gasteiger partial charge is 0.115 e. The zero-order chi connectivity index (χ0) is 15.9. The Morgan fingerprint density at radius 3 is 1.74 bits per heavy atom. The number of aromatic hydroxyl groups is 1. The summed E-state index contributed by atoms with van der Waals surface area (Å²) in [6.07, 6.45) is 1.10. The molecule has 0 fully saturated rings. The molecule has 3 aromatic carbocycles. The van der Waals surface area contributed by atoms with Crippen LogP contribution in [0.25, 0.3) is 0 Å². The van der Waals surface area contributed by atoms with Crippen molar-refractivity contribution < 1.29 is 5.11 Å². The molecule has 0 saturated carbocycles. The Labute approximate surface area is 140 Å². The van der Waals surface area contributed by atoms with Gasteiger partial charge in [0.25, 0.3) is 0 Å². The van der Waals surface area contributed by atoms with Crippen molar-refractivity contribution in [2.45, 2.75) is 18.0 Å². The fraction of sp³-hybridized carbons (Fsp3) is 0.143. The maximum absolute atomic E-state index is 9.38. The van der Waals surface area contributed by atoms with E-state index >= 15 is 0 Å². The van der Waals surface area contributed by atoms with Crippen LogP contribution in [-0.4, -0.2) is 14.6 Å². The molecule has 116 valence electrons. The molecule has 0 unspecified atom stereocenters. The van der Waals surface area contributed by atoms with Crippen molar-refractivity contribution in [2.75, 3.05) is 0 Å². The van der Waals surface area contributed by atoms with E-state index in [1.54, 1.807) is 12.1 Å². The second kappa shape index (κ2) is 7.79. The number of hydrogen-bond donors (Lipinski definition) is 1. The van der Waals surface area contributed by atoms with Crippen LogP contribution in [0.5, 0.6) is 5.75 Å². The van der Waals surface area contributed by atoms with E-state index in [4.69, 9.17) is 0 Å². The van der Waals surface area contributed by atoms with Crippen molar-refractivity contribution in [3.05, 3.63) is 102 Å². The van der Waals surface area contributed by atoms with Gasteiger partial charge in [-0.1, -0.05) is 78.8 Å². The third kappa shape index (κ3) is 4.33. The fourth-order valence-corrected chi connectivity index (χ4v) is 5.30. The topological polar surface area (TPSA) is 20.2 Å². The van der Waals surface area contributed by atoms with E-state index < -0.39 is 0 Å². The molecule has 3 rings (SSSR count). The SMILES string of the molecule is Oc1ccc(CC[SiH2]C(c2ccccc2)c2ccccc2)cc1. The molecule has 0 saturated heterocycles. The standard InChI is InChI=1S/C21H22OSi/c22-20-13-11-17(12-14-20)15-16-23-21(18-7-3-1-4-8-18)19-9-5-2-6-10-19/h1-14,21-22H,15-16,23H2. The highest BCUT2D eigenvalue weighted by atomic mass is 28.2. The Bertz CT molecular complexity index is 668. The number of phenolic OH excluding ortho intramolecular Hbond substituents is 1. The summed E-state index contributed by atoms with van der Waals surface area (Å²) in [5, 5.41) is 9.38. The lowest BCUT2D eigenvalue weighted by molar-refractivity contribution is 0.475. The van der Waals surface area contributed by atoms with Crippen molar-refractivity contribution in [3.63, 3.8) is 0 Å². The van der Waals surface area contributed by atoms with Gasteiger partial charge >= 0.3 is 0 Å². The molecule has 0 aliphatic rings. The Hall–Kier alpha value is -2.32. The van der Waals surface area contributed by atoms with Gasteiger partial charge < -0.3 is 5.11 Å². The summed E-state index contributed by atoms with van der Waals surface area (Å²) < 4.78 is 0. The molecule has 0 aliphatic heterocycles. The fourth-order valence-electron chi connectivity index (χ4n) is 3.07. The van der Waals surface area contributed by atoms with E-state index in [1.807, 2.05) is 12.1 Å². The molecule has 1 nitrogen and oxygen atoms in total. The number of rotatable bonds is 6. The molecule has 0 bridgehead atoms. The third-order valence-corrected chi connectivity index (χ3v) is 6.58. The monoisotopic (exact) mass is 318 g/mol. The van der Waals surface area contributed by atoms with Crippen molar-refractivity contribution in [1.29, 1.82) is 0 Å². The predicted molar refractivity (Wildman–Crippen MR) is 99.9 cm³/mol. The zero-order valence-corrected chi connectivity index (χ0v) is 14.6. The second-order valence-corrected chi connectivity index (χ2v) is 8.03. The average molecular weight is 318 g/mol. The molecule has 0 amide bonds. The van der Waals surface area contributed by atoms with Gasteiger partial charge in [-0.3, -0.25) is 0 Å². The molecule has 0 radical (unpaired) electrons. The minimum atomic E-state index is -0.287. The number of phenols is 1. The number of aryl methyl sites for hydroxylation is 1. The summed E-state index contributed by atoms with van der Waals surface area (Å²) in [6, 6.07) is 30.6. The van der Waals surface area contributed by atoms with Crippen LogP contribution >= 0.6 is 0 Å². The summed E-state index contributed by atoms with van der Waals surface area (Å²) in [7, 11) is -0.287. The summed E-state index contributed by atoms with van der Waals surface area (Å²) in [4.78, 5) is 0. The molecule has 2 heteroatoms. The van der Waals surface area contributed by atoms with Crippen molar-refractivity contribution in [2.24, 2.45) is 0 Å². The quantitative estimate of drug-likeness (QED) is 0.671. The summed E-state index contributed by atoms with van der Waals surface area (Å²) in [6.45, 7) is 0. The minimum absolute atomic E-state index is 0.287. The summed E-state index contributed by atoms with van der Waals surface area (Å²) in [5.74, 6) is 0.345. The van der Waals surface area contributed by atoms with Crippen LogP contribution in [0.3, 0.4) is 0 Å². The van der Waals surface area contributed by atoms with E-state index in [2.05, 4.69) is 60.7 Å². The Morgan fingerprint density at radius 1 is 0.696 bits per heavy atom. The molecule has 0 spiro atoms. The van der Waals surface area contributed by atoms with Crippen LogP contribution in [0.1, 0.15) is 22.2 Å². The lowest BCUT2D eigenvalue weighted by Gasteiger charge is -2.17. The largest absolute Gasteiger partial charge is 0.508 e. The van der Waals surface area contributed by atoms with Crippen LogP contribution in [0.2, 0.25) is 6.04 Å². The van der Waals surface area contributed by atoms with E-state index in [9.17, 15) is 5.11 Å². The molecular weight excluding hydrogens is 296 g/mol. The first-order valence-corrected chi connectivity index (χ1v) is 10.0. The lowest BCUT2D eigenvalue weighted by atomic mass is 10.0. The van der Waals surface area contributed by atoms with Gasteiger partial charge in [0.05, 0.1) is 0 Å². The molecule has 0 aromatic heterocycles. The van der Waals surface area contributed by atoms with Gasteiger partial charge in [-0.25, -0.2) is 0 Å². The van der Waals surface area contributed by atoms with Crippen LogP contribution < -0.4 is 0 Å². The lowest BCUT2D eigenvalue weighted by Crippen LogP contribution is -2.10. The van der Waals surface area contributed by atoms with Gasteiger partial charge in [-0.2, -0.15) is 0 Å². The molecule has 0 atom stereocenters. The highest BCUT2D eigenvalue weighted by Crippen LogP contribution is 2.25. The second-order valence-electron chi connectivity index (χ2n) is 5.93. The first-order valence-electron chi connectivity index (χ1n) is 8.21. The van der Waals surface area contributed by atoms with E-state index in [-0.39, 0.29) is 9.52 Å². The third-order valence-electron chi connectivity index (χ3n) is 4.30. The Morgan fingerprint density at radius 2 is 1.22 bits per heavy atom. The maximum atomic E-state index is 9.38. The van der Waals surface area contributed by atoms with Crippen LogP contribution in [-0.2, 0) is 6.42 Å². The van der Waals surface area contributed by atoms with Gasteiger partial charge in [0.2, 0.25) is 0 Å². The van der Waals surface area contributed by atoms with Crippen LogP contribution in [0.15, 0.2) is 84.9 Å². The minimum Gasteiger partial charge on any atom is -0.508 e. The van der Waals surface area contributed by atoms with E-state index in [0.29, 0.717) is 11.3 Å². The summed E-state index contributed by atoms with van der Waals surface area (Å²) in [5.41, 5.74) is 4.77. The number of benzene rings is 3. The van der Waals surface area contributed by atoms with Crippen LogP contribution in [0, 0.1) is 0 Å². The molecule has 0 heterocycles. The van der Waals surface area contributed by atoms with Crippen molar-refractivity contribution >= 4 is 9.52 Å². The Balaban J connectivity index is 1.71. The van der Waals surface area contributed by atoms with Crippen molar-refractivity contribution in [1.82, 2.24) is 0 Å². The predicted octanol–water partition coefficient (Wildman–Crippen LogP) is 4.31. The normalized spacial score (nSPS) is 11.3. The van der Waals surface area contributed by atoms with Gasteiger partial charge in [0.1, 0.15) is 5.75 Å². The zero-order valence-electron chi connectivity index (χ0n) is 13.2. The van der Waals surface area contributed by atoms with Gasteiger partial charge in [0, 0.05) is 9.52 Å². The highest BCUT2D eigenvalue weighted by molar-refractivity contribution is 6.39. The molecule has 23 heavy (non-hydrogen) atoms.